The Labute approximate surface area is 227 Å². The van der Waals surface area contributed by atoms with Gasteiger partial charge in [0.1, 0.15) is 0 Å². The standard InChI is InChI=1S/C31H31N7O/c1-22-33-30(39-36-22)26-12-10-23(11-13-26)14-17-37-18-15-27(16-19-37)34-31-35-28-4-2-3-5-29(28)38(31)21-25-8-6-24(20-32)7-9-25/h2-13,27H,14-19,21H2,1H3,(H,34,35). The third kappa shape index (κ3) is 5.69. The summed E-state index contributed by atoms with van der Waals surface area (Å²) in [4.78, 5) is 11.8. The SMILES string of the molecule is Cc1noc(-c2ccc(CCN3CCC(Nc4nc5ccccc5n4Cc4ccc(C#N)cc4)CC3)cc2)n1. The van der Waals surface area contributed by atoms with E-state index < -0.39 is 0 Å². The summed E-state index contributed by atoms with van der Waals surface area (Å²) >= 11 is 0. The van der Waals surface area contributed by atoms with E-state index in [4.69, 9.17) is 14.8 Å². The fraction of sp³-hybridized carbons (Fsp3) is 0.290. The number of piperidine rings is 1. The van der Waals surface area contributed by atoms with Gasteiger partial charge in [-0.25, -0.2) is 4.98 Å². The molecule has 1 N–H and O–H groups in total. The molecule has 1 fully saturated rings. The van der Waals surface area contributed by atoms with Crippen LogP contribution in [0.4, 0.5) is 5.95 Å². The molecule has 1 aliphatic rings. The lowest BCUT2D eigenvalue weighted by molar-refractivity contribution is 0.221. The van der Waals surface area contributed by atoms with Crippen LogP contribution in [0.25, 0.3) is 22.5 Å². The number of likely N-dealkylation sites (tertiary alicyclic amines) is 1. The highest BCUT2D eigenvalue weighted by atomic mass is 16.5. The molecule has 8 nitrogen and oxygen atoms in total. The average molecular weight is 518 g/mol. The number of anilines is 1. The van der Waals surface area contributed by atoms with Crippen LogP contribution in [0.1, 0.15) is 35.4 Å². The van der Waals surface area contributed by atoms with E-state index in [9.17, 15) is 0 Å². The Kier molecular flexibility index (Phi) is 7.07. The van der Waals surface area contributed by atoms with E-state index in [1.165, 1.54) is 5.56 Å². The Morgan fingerprint density at radius 2 is 1.69 bits per heavy atom. The van der Waals surface area contributed by atoms with Crippen molar-refractivity contribution >= 4 is 17.0 Å². The van der Waals surface area contributed by atoms with Crippen LogP contribution in [0.2, 0.25) is 0 Å². The first-order valence-electron chi connectivity index (χ1n) is 13.5. The third-order valence-electron chi connectivity index (χ3n) is 7.44. The number of aryl methyl sites for hydroxylation is 1. The zero-order valence-corrected chi connectivity index (χ0v) is 22.0. The first kappa shape index (κ1) is 24.8. The number of hydrogen-bond acceptors (Lipinski definition) is 7. The molecule has 1 saturated heterocycles. The molecule has 1 aliphatic heterocycles. The number of aromatic nitrogens is 4. The van der Waals surface area contributed by atoms with E-state index in [0.717, 1.165) is 67.0 Å². The van der Waals surface area contributed by atoms with Crippen LogP contribution < -0.4 is 5.32 Å². The van der Waals surface area contributed by atoms with Gasteiger partial charge in [0.15, 0.2) is 5.82 Å². The van der Waals surface area contributed by atoms with Crippen LogP contribution in [0.3, 0.4) is 0 Å². The smallest absolute Gasteiger partial charge is 0.257 e. The molecule has 0 radical (unpaired) electrons. The van der Waals surface area contributed by atoms with Gasteiger partial charge in [-0.15, -0.1) is 0 Å². The van der Waals surface area contributed by atoms with E-state index in [1.807, 2.05) is 37.3 Å². The minimum absolute atomic E-state index is 0.384. The Morgan fingerprint density at radius 1 is 0.949 bits per heavy atom. The summed E-state index contributed by atoms with van der Waals surface area (Å²) in [6.45, 7) is 5.70. The molecule has 0 bridgehead atoms. The molecule has 0 atom stereocenters. The number of nitrogens with one attached hydrogen (secondary N) is 1. The highest BCUT2D eigenvalue weighted by Crippen LogP contribution is 2.24. The molecule has 0 amide bonds. The molecule has 5 aromatic rings. The van der Waals surface area contributed by atoms with Crippen molar-refractivity contribution in [2.24, 2.45) is 0 Å². The fourth-order valence-electron chi connectivity index (χ4n) is 5.21. The van der Waals surface area contributed by atoms with Crippen molar-refractivity contribution in [2.45, 2.75) is 38.8 Å². The van der Waals surface area contributed by atoms with E-state index >= 15 is 0 Å². The molecule has 196 valence electrons. The summed E-state index contributed by atoms with van der Waals surface area (Å²) in [6.07, 6.45) is 3.17. The lowest BCUT2D eigenvalue weighted by atomic mass is 10.0. The third-order valence-corrected chi connectivity index (χ3v) is 7.44. The monoisotopic (exact) mass is 517 g/mol. The Morgan fingerprint density at radius 3 is 2.41 bits per heavy atom. The molecule has 0 unspecified atom stereocenters. The maximum Gasteiger partial charge on any atom is 0.257 e. The number of rotatable bonds is 8. The highest BCUT2D eigenvalue weighted by molar-refractivity contribution is 5.78. The summed E-state index contributed by atoms with van der Waals surface area (Å²) in [5.41, 5.74) is 6.20. The molecular weight excluding hydrogens is 486 g/mol. The minimum atomic E-state index is 0.384. The fourth-order valence-corrected chi connectivity index (χ4v) is 5.21. The second kappa shape index (κ2) is 11.1. The van der Waals surface area contributed by atoms with Gasteiger partial charge in [-0.3, -0.25) is 0 Å². The number of nitrogens with zero attached hydrogens (tertiary/aromatic N) is 6. The van der Waals surface area contributed by atoms with Gasteiger partial charge in [0.2, 0.25) is 5.95 Å². The van der Waals surface area contributed by atoms with Gasteiger partial charge in [0.25, 0.3) is 5.89 Å². The lowest BCUT2D eigenvalue weighted by Gasteiger charge is -2.32. The predicted octanol–water partition coefficient (Wildman–Crippen LogP) is 5.43. The number of para-hydroxylation sites is 2. The molecule has 0 saturated carbocycles. The van der Waals surface area contributed by atoms with Crippen LogP contribution >= 0.6 is 0 Å². The minimum Gasteiger partial charge on any atom is -0.353 e. The van der Waals surface area contributed by atoms with Crippen LogP contribution in [0.5, 0.6) is 0 Å². The summed E-state index contributed by atoms with van der Waals surface area (Å²) in [5.74, 6) is 2.13. The maximum absolute atomic E-state index is 9.13. The van der Waals surface area contributed by atoms with Crippen molar-refractivity contribution in [3.8, 4) is 17.5 Å². The number of benzene rings is 3. The van der Waals surface area contributed by atoms with Crippen molar-refractivity contribution in [1.82, 2.24) is 24.6 Å². The first-order chi connectivity index (χ1) is 19.1. The van der Waals surface area contributed by atoms with Crippen LogP contribution in [0.15, 0.2) is 77.3 Å². The van der Waals surface area contributed by atoms with Crippen molar-refractivity contribution in [2.75, 3.05) is 25.0 Å². The van der Waals surface area contributed by atoms with Crippen molar-refractivity contribution in [1.29, 1.82) is 5.26 Å². The van der Waals surface area contributed by atoms with Crippen LogP contribution in [0, 0.1) is 18.3 Å². The zero-order valence-electron chi connectivity index (χ0n) is 22.0. The van der Waals surface area contributed by atoms with Gasteiger partial charge in [-0.1, -0.05) is 41.6 Å². The van der Waals surface area contributed by atoms with Crippen LogP contribution in [-0.4, -0.2) is 50.3 Å². The van der Waals surface area contributed by atoms with Gasteiger partial charge in [0, 0.05) is 31.2 Å². The van der Waals surface area contributed by atoms with E-state index in [2.05, 4.69) is 73.5 Å². The van der Waals surface area contributed by atoms with Crippen molar-refractivity contribution in [3.05, 3.63) is 95.3 Å². The van der Waals surface area contributed by atoms with Crippen LogP contribution in [-0.2, 0) is 13.0 Å². The van der Waals surface area contributed by atoms with Gasteiger partial charge < -0.3 is 19.3 Å². The quantitative estimate of drug-likeness (QED) is 0.293. The molecule has 3 heterocycles. The molecule has 0 aliphatic carbocycles. The second-order valence-electron chi connectivity index (χ2n) is 10.2. The van der Waals surface area contributed by atoms with Crippen molar-refractivity contribution in [3.63, 3.8) is 0 Å². The largest absolute Gasteiger partial charge is 0.353 e. The maximum atomic E-state index is 9.13. The van der Waals surface area contributed by atoms with Gasteiger partial charge in [-0.05, 0) is 73.7 Å². The van der Waals surface area contributed by atoms with E-state index in [1.54, 1.807) is 0 Å². The zero-order chi connectivity index (χ0) is 26.6. The van der Waals surface area contributed by atoms with E-state index in [0.29, 0.717) is 29.9 Å². The second-order valence-corrected chi connectivity index (χ2v) is 10.2. The average Bonchev–Trinajstić information content (AvgIpc) is 3.56. The normalized spacial score (nSPS) is 14.5. The lowest BCUT2D eigenvalue weighted by Crippen LogP contribution is -2.40. The predicted molar refractivity (Wildman–Crippen MR) is 151 cm³/mol. The summed E-state index contributed by atoms with van der Waals surface area (Å²) in [5, 5.41) is 16.8. The number of imidazole rings is 1. The molecule has 0 spiro atoms. The molecule has 3 aromatic carbocycles. The number of fused-ring (bicyclic) bond motifs is 1. The van der Waals surface area contributed by atoms with Gasteiger partial charge >= 0.3 is 0 Å². The molecule has 39 heavy (non-hydrogen) atoms. The molecule has 8 heteroatoms. The first-order valence-corrected chi connectivity index (χ1v) is 13.5. The highest BCUT2D eigenvalue weighted by Gasteiger charge is 2.21. The topological polar surface area (TPSA) is 95.8 Å². The Balaban J connectivity index is 1.05. The summed E-state index contributed by atoms with van der Waals surface area (Å²) < 4.78 is 7.52. The summed E-state index contributed by atoms with van der Waals surface area (Å²) in [6, 6.07) is 27.1. The molecular formula is C31H31N7O. The molecule has 2 aromatic heterocycles. The number of nitriles is 1. The molecule has 6 rings (SSSR count). The van der Waals surface area contributed by atoms with Gasteiger partial charge in [0.05, 0.1) is 29.2 Å². The Hall–Kier alpha value is -4.48. The van der Waals surface area contributed by atoms with Crippen molar-refractivity contribution < 1.29 is 4.52 Å². The number of hydrogen-bond donors (Lipinski definition) is 1. The van der Waals surface area contributed by atoms with Gasteiger partial charge in [-0.2, -0.15) is 10.2 Å². The summed E-state index contributed by atoms with van der Waals surface area (Å²) in [7, 11) is 0. The van der Waals surface area contributed by atoms with E-state index in [-0.39, 0.29) is 0 Å². The Bertz CT molecular complexity index is 1590.